The number of hydrogen-bond donors (Lipinski definition) is 2. The Morgan fingerprint density at radius 2 is 1.65 bits per heavy atom. The third kappa shape index (κ3) is 2.52. The maximum Gasteiger partial charge on any atom is 0.573 e. The largest absolute Gasteiger partial charge is 0.573 e. The zero-order valence-corrected chi connectivity index (χ0v) is 9.33. The van der Waals surface area contributed by atoms with Crippen LogP contribution in [0.15, 0.2) is 12.1 Å². The number of aromatic nitrogens is 2. The molecule has 1 heterocycles. The van der Waals surface area contributed by atoms with E-state index in [1.165, 1.54) is 19.2 Å². The molecule has 2 aromatic rings. The van der Waals surface area contributed by atoms with Gasteiger partial charge in [0, 0.05) is 12.1 Å². The van der Waals surface area contributed by atoms with Crippen LogP contribution < -0.4 is 9.47 Å². The van der Waals surface area contributed by atoms with Gasteiger partial charge in [-0.05, 0) is 12.2 Å². The van der Waals surface area contributed by atoms with E-state index in [0.29, 0.717) is 15.8 Å². The van der Waals surface area contributed by atoms with Gasteiger partial charge >= 0.3 is 6.36 Å². The summed E-state index contributed by atoms with van der Waals surface area (Å²) >= 11 is 4.83. The van der Waals surface area contributed by atoms with Crippen LogP contribution in [0.5, 0.6) is 11.5 Å². The van der Waals surface area contributed by atoms with Gasteiger partial charge in [0.25, 0.3) is 0 Å². The summed E-state index contributed by atoms with van der Waals surface area (Å²) in [6.07, 6.45) is -4.77. The SMILES string of the molecule is COc1cc2[nH]c(=S)[nH]c2cc1OC(F)(F)F. The third-order valence-electron chi connectivity index (χ3n) is 2.03. The van der Waals surface area contributed by atoms with E-state index in [1.807, 2.05) is 0 Å². The van der Waals surface area contributed by atoms with Gasteiger partial charge in [-0.25, -0.2) is 0 Å². The number of ether oxygens (including phenoxy) is 2. The number of imidazole rings is 1. The van der Waals surface area contributed by atoms with Gasteiger partial charge in [0.1, 0.15) is 0 Å². The van der Waals surface area contributed by atoms with Crippen LogP contribution in [0.1, 0.15) is 0 Å². The molecular weight excluding hydrogens is 257 g/mol. The van der Waals surface area contributed by atoms with Crippen molar-refractivity contribution in [2.75, 3.05) is 7.11 Å². The second-order valence-electron chi connectivity index (χ2n) is 3.18. The van der Waals surface area contributed by atoms with Crippen LogP contribution in [0.3, 0.4) is 0 Å². The lowest BCUT2D eigenvalue weighted by Gasteiger charge is -2.12. The molecule has 8 heteroatoms. The number of alkyl halides is 3. The average Bonchev–Trinajstić information content (AvgIpc) is 2.53. The van der Waals surface area contributed by atoms with Crippen molar-refractivity contribution in [1.82, 2.24) is 9.97 Å². The highest BCUT2D eigenvalue weighted by Crippen LogP contribution is 2.34. The summed E-state index contributed by atoms with van der Waals surface area (Å²) in [6, 6.07) is 2.55. The molecule has 0 aliphatic rings. The molecule has 0 unspecified atom stereocenters. The zero-order valence-electron chi connectivity index (χ0n) is 8.51. The van der Waals surface area contributed by atoms with Gasteiger partial charge < -0.3 is 19.4 Å². The summed E-state index contributed by atoms with van der Waals surface area (Å²) in [4.78, 5) is 5.46. The quantitative estimate of drug-likeness (QED) is 0.819. The van der Waals surface area contributed by atoms with Gasteiger partial charge in [-0.3, -0.25) is 0 Å². The fourth-order valence-corrected chi connectivity index (χ4v) is 1.63. The number of fused-ring (bicyclic) bond motifs is 1. The number of hydrogen-bond acceptors (Lipinski definition) is 3. The first-order valence-corrected chi connectivity index (χ1v) is 4.85. The predicted octanol–water partition coefficient (Wildman–Crippen LogP) is 3.13. The van der Waals surface area contributed by atoms with Crippen molar-refractivity contribution < 1.29 is 22.6 Å². The zero-order chi connectivity index (χ0) is 12.6. The molecule has 1 aromatic carbocycles. The minimum Gasteiger partial charge on any atom is -0.493 e. The van der Waals surface area contributed by atoms with Gasteiger partial charge in [0.2, 0.25) is 0 Å². The summed E-state index contributed by atoms with van der Waals surface area (Å²) in [5, 5.41) is 0. The van der Waals surface area contributed by atoms with Crippen molar-refractivity contribution in [3.05, 3.63) is 16.9 Å². The van der Waals surface area contributed by atoms with E-state index in [4.69, 9.17) is 17.0 Å². The van der Waals surface area contributed by atoms with Crippen molar-refractivity contribution in [2.24, 2.45) is 0 Å². The van der Waals surface area contributed by atoms with E-state index in [0.717, 1.165) is 0 Å². The lowest BCUT2D eigenvalue weighted by molar-refractivity contribution is -0.275. The molecular formula is C9H7F3N2O2S. The second kappa shape index (κ2) is 3.95. The van der Waals surface area contributed by atoms with Gasteiger partial charge in [-0.15, -0.1) is 13.2 Å². The number of aromatic amines is 2. The van der Waals surface area contributed by atoms with Crippen LogP contribution >= 0.6 is 12.2 Å². The lowest BCUT2D eigenvalue weighted by atomic mass is 10.3. The second-order valence-corrected chi connectivity index (χ2v) is 3.58. The summed E-state index contributed by atoms with van der Waals surface area (Å²) in [5.41, 5.74) is 0.955. The summed E-state index contributed by atoms with van der Waals surface area (Å²) in [5.74, 6) is -0.446. The normalized spacial score (nSPS) is 11.8. The molecule has 0 fully saturated rings. The first-order valence-electron chi connectivity index (χ1n) is 4.45. The topological polar surface area (TPSA) is 50.0 Å². The van der Waals surface area contributed by atoms with Gasteiger partial charge in [-0.1, -0.05) is 0 Å². The first kappa shape index (κ1) is 11.8. The number of H-pyrrole nitrogens is 2. The van der Waals surface area contributed by atoms with Crippen LogP contribution in [-0.2, 0) is 0 Å². The Morgan fingerprint density at radius 1 is 1.12 bits per heavy atom. The maximum atomic E-state index is 12.1. The fraction of sp³-hybridized carbons (Fsp3) is 0.222. The summed E-state index contributed by atoms with van der Waals surface area (Å²) in [6.45, 7) is 0. The van der Waals surface area contributed by atoms with E-state index in [-0.39, 0.29) is 5.75 Å². The monoisotopic (exact) mass is 264 g/mol. The van der Waals surface area contributed by atoms with E-state index in [9.17, 15) is 13.2 Å². The fourth-order valence-electron chi connectivity index (χ4n) is 1.41. The van der Waals surface area contributed by atoms with Crippen molar-refractivity contribution in [1.29, 1.82) is 0 Å². The van der Waals surface area contributed by atoms with E-state index in [2.05, 4.69) is 14.7 Å². The molecule has 0 saturated carbocycles. The maximum absolute atomic E-state index is 12.1. The van der Waals surface area contributed by atoms with Crippen LogP contribution in [0.25, 0.3) is 11.0 Å². The molecule has 17 heavy (non-hydrogen) atoms. The highest BCUT2D eigenvalue weighted by atomic mass is 32.1. The standard InChI is InChI=1S/C9H7F3N2O2S/c1-15-6-2-4-5(14-8(17)13-4)3-7(6)16-9(10,11)12/h2-3H,1H3,(H2,13,14,17). The Bertz CT molecular complexity index is 602. The number of nitrogens with one attached hydrogen (secondary N) is 2. The van der Waals surface area contributed by atoms with E-state index >= 15 is 0 Å². The van der Waals surface area contributed by atoms with Crippen LogP contribution in [0, 0.1) is 4.77 Å². The molecule has 0 amide bonds. The molecule has 0 aliphatic heterocycles. The summed E-state index contributed by atoms with van der Waals surface area (Å²) in [7, 11) is 1.26. The van der Waals surface area contributed by atoms with E-state index < -0.39 is 12.1 Å². The minimum atomic E-state index is -4.77. The van der Waals surface area contributed by atoms with Gasteiger partial charge in [0.05, 0.1) is 18.1 Å². The van der Waals surface area contributed by atoms with Crippen LogP contribution in [0.2, 0.25) is 0 Å². The highest BCUT2D eigenvalue weighted by Gasteiger charge is 2.32. The number of rotatable bonds is 2. The molecule has 0 aliphatic carbocycles. The van der Waals surface area contributed by atoms with Crippen molar-refractivity contribution in [3.63, 3.8) is 0 Å². The van der Waals surface area contributed by atoms with Crippen LogP contribution in [-0.4, -0.2) is 23.4 Å². The molecule has 0 saturated heterocycles. The molecule has 0 spiro atoms. The number of halogens is 3. The molecule has 2 N–H and O–H groups in total. The first-order chi connectivity index (χ1) is 7.89. The molecule has 1 aromatic heterocycles. The Hall–Kier alpha value is -1.70. The van der Waals surface area contributed by atoms with Crippen molar-refractivity contribution in [2.45, 2.75) is 6.36 Å². The third-order valence-corrected chi connectivity index (χ3v) is 2.23. The molecule has 0 atom stereocenters. The van der Waals surface area contributed by atoms with Crippen molar-refractivity contribution in [3.8, 4) is 11.5 Å². The molecule has 92 valence electrons. The summed E-state index contributed by atoms with van der Waals surface area (Å²) < 4.78 is 45.4. The molecule has 0 radical (unpaired) electrons. The van der Waals surface area contributed by atoms with Gasteiger partial charge in [-0.2, -0.15) is 0 Å². The average molecular weight is 264 g/mol. The number of methoxy groups -OCH3 is 1. The molecule has 4 nitrogen and oxygen atoms in total. The molecule has 0 bridgehead atoms. The Balaban J connectivity index is 2.56. The van der Waals surface area contributed by atoms with Gasteiger partial charge in [0.15, 0.2) is 16.3 Å². The Labute approximate surface area is 98.4 Å². The lowest BCUT2D eigenvalue weighted by Crippen LogP contribution is -2.17. The van der Waals surface area contributed by atoms with Crippen molar-refractivity contribution >= 4 is 23.3 Å². The minimum absolute atomic E-state index is 0.0277. The van der Waals surface area contributed by atoms with Crippen LogP contribution in [0.4, 0.5) is 13.2 Å². The predicted molar refractivity (Wildman–Crippen MR) is 56.7 cm³/mol. The Kier molecular flexibility index (Phi) is 2.74. The van der Waals surface area contributed by atoms with E-state index in [1.54, 1.807) is 0 Å². The number of benzene rings is 1. The highest BCUT2D eigenvalue weighted by molar-refractivity contribution is 7.71. The molecule has 2 rings (SSSR count). The Morgan fingerprint density at radius 3 is 2.12 bits per heavy atom. The smallest absolute Gasteiger partial charge is 0.493 e.